The van der Waals surface area contributed by atoms with Gasteiger partial charge < -0.3 is 10.2 Å². The Morgan fingerprint density at radius 1 is 1.16 bits per heavy atom. The molecule has 2 heteroatoms. The van der Waals surface area contributed by atoms with Gasteiger partial charge >= 0.3 is 0 Å². The minimum absolute atomic E-state index is 0.185. The summed E-state index contributed by atoms with van der Waals surface area (Å²) < 4.78 is 0. The van der Waals surface area contributed by atoms with Crippen molar-refractivity contribution in [2.75, 3.05) is 6.61 Å². The fraction of sp³-hybridized carbons (Fsp3) is 0.647. The summed E-state index contributed by atoms with van der Waals surface area (Å²) in [7, 11) is 0. The van der Waals surface area contributed by atoms with E-state index in [4.69, 9.17) is 5.11 Å². The minimum atomic E-state index is -0.666. The largest absolute Gasteiger partial charge is 0.394 e. The molecule has 0 spiro atoms. The van der Waals surface area contributed by atoms with Crippen LogP contribution in [0.3, 0.4) is 0 Å². The SMILES string of the molecule is CCCCCCCCc1cc[c]c(CC(O)CO)c1. The van der Waals surface area contributed by atoms with E-state index >= 15 is 0 Å². The number of unbranched alkanes of at least 4 members (excludes halogenated alkanes) is 5. The van der Waals surface area contributed by atoms with E-state index in [0.29, 0.717) is 6.42 Å². The zero-order chi connectivity index (χ0) is 13.9. The third kappa shape index (κ3) is 7.34. The minimum Gasteiger partial charge on any atom is -0.394 e. The standard InChI is InChI=1S/C17H27O2/c1-2-3-4-5-6-7-9-15-10-8-11-16(12-15)13-17(19)14-18/h8,10,12,17-19H,2-7,9,13-14H2,1H3. The lowest BCUT2D eigenvalue weighted by atomic mass is 10.0. The van der Waals surface area contributed by atoms with Crippen molar-refractivity contribution in [3.8, 4) is 0 Å². The average molecular weight is 263 g/mol. The molecule has 0 bridgehead atoms. The second-order valence-corrected chi connectivity index (χ2v) is 5.28. The quantitative estimate of drug-likeness (QED) is 0.636. The molecule has 107 valence electrons. The Labute approximate surface area is 117 Å². The van der Waals surface area contributed by atoms with Crippen LogP contribution in [0.15, 0.2) is 18.2 Å². The van der Waals surface area contributed by atoms with E-state index in [2.05, 4.69) is 25.1 Å². The van der Waals surface area contributed by atoms with Crippen molar-refractivity contribution >= 4 is 0 Å². The zero-order valence-corrected chi connectivity index (χ0v) is 12.1. The highest BCUT2D eigenvalue weighted by Gasteiger charge is 2.04. The molecule has 0 fully saturated rings. The van der Waals surface area contributed by atoms with Crippen LogP contribution < -0.4 is 0 Å². The Balaban J connectivity index is 2.28. The molecule has 1 radical (unpaired) electrons. The molecule has 0 saturated carbocycles. The van der Waals surface area contributed by atoms with Crippen molar-refractivity contribution in [1.29, 1.82) is 0 Å². The third-order valence-corrected chi connectivity index (χ3v) is 3.41. The normalized spacial score (nSPS) is 12.6. The van der Waals surface area contributed by atoms with E-state index in [9.17, 15) is 5.11 Å². The molecule has 1 aromatic rings. The highest BCUT2D eigenvalue weighted by atomic mass is 16.3. The summed E-state index contributed by atoms with van der Waals surface area (Å²) in [4.78, 5) is 0. The molecule has 1 rings (SSSR count). The molecule has 19 heavy (non-hydrogen) atoms. The first kappa shape index (κ1) is 16.2. The fourth-order valence-corrected chi connectivity index (χ4v) is 2.27. The summed E-state index contributed by atoms with van der Waals surface area (Å²) in [6.45, 7) is 2.05. The predicted octanol–water partition coefficient (Wildman–Crippen LogP) is 3.29. The van der Waals surface area contributed by atoms with Crippen molar-refractivity contribution in [3.63, 3.8) is 0 Å². The smallest absolute Gasteiger partial charge is 0.0811 e. The third-order valence-electron chi connectivity index (χ3n) is 3.41. The Kier molecular flexibility index (Phi) is 8.52. The molecule has 0 aromatic heterocycles. The second kappa shape index (κ2) is 9.99. The van der Waals surface area contributed by atoms with Crippen LogP contribution in [-0.2, 0) is 12.8 Å². The van der Waals surface area contributed by atoms with Gasteiger partial charge in [-0.2, -0.15) is 0 Å². The summed E-state index contributed by atoms with van der Waals surface area (Å²) in [5, 5.41) is 18.3. The van der Waals surface area contributed by atoms with E-state index in [0.717, 1.165) is 12.0 Å². The Bertz CT molecular complexity index is 336. The van der Waals surface area contributed by atoms with E-state index < -0.39 is 6.10 Å². The summed E-state index contributed by atoms with van der Waals surface area (Å²) in [6, 6.07) is 9.24. The van der Waals surface area contributed by atoms with Gasteiger partial charge in [0.25, 0.3) is 0 Å². The van der Waals surface area contributed by atoms with Gasteiger partial charge in [-0.3, -0.25) is 0 Å². The van der Waals surface area contributed by atoms with Crippen LogP contribution in [0.2, 0.25) is 0 Å². The lowest BCUT2D eigenvalue weighted by Gasteiger charge is -2.08. The highest BCUT2D eigenvalue weighted by molar-refractivity contribution is 5.23. The topological polar surface area (TPSA) is 40.5 Å². The highest BCUT2D eigenvalue weighted by Crippen LogP contribution is 2.12. The fourth-order valence-electron chi connectivity index (χ4n) is 2.27. The predicted molar refractivity (Wildman–Crippen MR) is 79.2 cm³/mol. The van der Waals surface area contributed by atoms with Gasteiger partial charge in [-0.25, -0.2) is 0 Å². The molecule has 0 amide bonds. The van der Waals surface area contributed by atoms with Crippen LogP contribution in [0.25, 0.3) is 0 Å². The van der Waals surface area contributed by atoms with Crippen molar-refractivity contribution in [1.82, 2.24) is 0 Å². The first-order valence-corrected chi connectivity index (χ1v) is 7.54. The van der Waals surface area contributed by atoms with Crippen LogP contribution in [0.1, 0.15) is 56.6 Å². The zero-order valence-electron chi connectivity index (χ0n) is 12.1. The Morgan fingerprint density at radius 2 is 1.89 bits per heavy atom. The molecule has 0 aliphatic carbocycles. The monoisotopic (exact) mass is 263 g/mol. The van der Waals surface area contributed by atoms with E-state index in [1.807, 2.05) is 6.07 Å². The second-order valence-electron chi connectivity index (χ2n) is 5.28. The molecule has 2 nitrogen and oxygen atoms in total. The van der Waals surface area contributed by atoms with Gasteiger partial charge in [0.2, 0.25) is 0 Å². The van der Waals surface area contributed by atoms with E-state index in [1.165, 1.54) is 44.1 Å². The van der Waals surface area contributed by atoms with Crippen LogP contribution in [0.4, 0.5) is 0 Å². The first-order chi connectivity index (χ1) is 9.26. The summed E-state index contributed by atoms with van der Waals surface area (Å²) >= 11 is 0. The maximum Gasteiger partial charge on any atom is 0.0811 e. The molecule has 1 atom stereocenters. The van der Waals surface area contributed by atoms with Crippen molar-refractivity contribution < 1.29 is 10.2 Å². The molecule has 0 heterocycles. The van der Waals surface area contributed by atoms with Gasteiger partial charge in [-0.05, 0) is 30.0 Å². The summed E-state index contributed by atoms with van der Waals surface area (Å²) in [5.41, 5.74) is 2.31. The maximum atomic E-state index is 9.43. The number of aliphatic hydroxyl groups excluding tert-OH is 2. The van der Waals surface area contributed by atoms with E-state index in [-0.39, 0.29) is 6.61 Å². The molecule has 2 N–H and O–H groups in total. The lowest BCUT2D eigenvalue weighted by molar-refractivity contribution is 0.0954. The van der Waals surface area contributed by atoms with Gasteiger partial charge in [0, 0.05) is 6.42 Å². The lowest BCUT2D eigenvalue weighted by Crippen LogP contribution is -2.15. The molecule has 1 unspecified atom stereocenters. The van der Waals surface area contributed by atoms with Gasteiger partial charge in [0.15, 0.2) is 0 Å². The number of rotatable bonds is 10. The number of aryl methyl sites for hydroxylation is 1. The molecular formula is C17H27O2. The first-order valence-electron chi connectivity index (χ1n) is 7.54. The number of hydrogen-bond donors (Lipinski definition) is 2. The van der Waals surface area contributed by atoms with Gasteiger partial charge in [0.1, 0.15) is 0 Å². The molecular weight excluding hydrogens is 236 g/mol. The molecule has 1 aromatic carbocycles. The Morgan fingerprint density at radius 3 is 2.63 bits per heavy atom. The van der Waals surface area contributed by atoms with Crippen LogP contribution in [0, 0.1) is 6.07 Å². The summed E-state index contributed by atoms with van der Waals surface area (Å²) in [5.74, 6) is 0. The average Bonchev–Trinajstić information content (AvgIpc) is 2.43. The summed E-state index contributed by atoms with van der Waals surface area (Å²) in [6.07, 6.45) is 8.79. The number of hydrogen-bond acceptors (Lipinski definition) is 2. The van der Waals surface area contributed by atoms with Gasteiger partial charge in [0.05, 0.1) is 12.7 Å². The maximum absolute atomic E-state index is 9.43. The van der Waals surface area contributed by atoms with Crippen molar-refractivity contribution in [2.45, 2.75) is 64.4 Å². The van der Waals surface area contributed by atoms with Gasteiger partial charge in [-0.1, -0.05) is 57.2 Å². The van der Waals surface area contributed by atoms with Gasteiger partial charge in [-0.15, -0.1) is 0 Å². The molecule has 0 aliphatic rings. The van der Waals surface area contributed by atoms with E-state index in [1.54, 1.807) is 0 Å². The molecule has 0 saturated heterocycles. The number of benzene rings is 1. The Hall–Kier alpha value is -0.860. The number of aliphatic hydroxyl groups is 2. The van der Waals surface area contributed by atoms with Crippen molar-refractivity contribution in [2.24, 2.45) is 0 Å². The van der Waals surface area contributed by atoms with Crippen LogP contribution in [0.5, 0.6) is 0 Å². The van der Waals surface area contributed by atoms with Crippen LogP contribution in [-0.4, -0.2) is 22.9 Å². The van der Waals surface area contributed by atoms with Crippen molar-refractivity contribution in [3.05, 3.63) is 35.4 Å². The van der Waals surface area contributed by atoms with Crippen LogP contribution >= 0.6 is 0 Å². The molecule has 0 aliphatic heterocycles.